The summed E-state index contributed by atoms with van der Waals surface area (Å²) >= 11 is 3.44. The molecule has 0 aliphatic heterocycles. The lowest BCUT2D eigenvalue weighted by Crippen LogP contribution is -2.38. The van der Waals surface area contributed by atoms with Crippen LogP contribution in [0.25, 0.3) is 0 Å². The van der Waals surface area contributed by atoms with Gasteiger partial charge in [0.15, 0.2) is 0 Å². The molecule has 0 saturated carbocycles. The monoisotopic (exact) mass is 385 g/mol. The number of ether oxygens (including phenoxy) is 1. The van der Waals surface area contributed by atoms with Crippen molar-refractivity contribution in [2.45, 2.75) is 38.6 Å². The molecule has 0 heterocycles. The highest BCUT2D eigenvalue weighted by atomic mass is 79.9. The van der Waals surface area contributed by atoms with E-state index in [4.69, 9.17) is 9.84 Å². The Morgan fingerprint density at radius 2 is 2.09 bits per heavy atom. The van der Waals surface area contributed by atoms with E-state index in [9.17, 15) is 9.59 Å². The molecular formula is C17H24BrNO4. The molecule has 1 amide bonds. The highest BCUT2D eigenvalue weighted by molar-refractivity contribution is 9.10. The van der Waals surface area contributed by atoms with Gasteiger partial charge in [-0.15, -0.1) is 0 Å². The average Bonchev–Trinajstić information content (AvgIpc) is 2.49. The largest absolute Gasteiger partial charge is 0.481 e. The van der Waals surface area contributed by atoms with Crippen LogP contribution in [0.1, 0.15) is 31.7 Å². The smallest absolute Gasteiger partial charge is 0.303 e. The van der Waals surface area contributed by atoms with Gasteiger partial charge in [0, 0.05) is 36.6 Å². The maximum atomic E-state index is 12.5. The number of hydrogen-bond acceptors (Lipinski definition) is 3. The van der Waals surface area contributed by atoms with E-state index in [-0.39, 0.29) is 24.3 Å². The van der Waals surface area contributed by atoms with Crippen molar-refractivity contribution in [3.63, 3.8) is 0 Å². The summed E-state index contributed by atoms with van der Waals surface area (Å²) in [6.07, 6.45) is 1.73. The van der Waals surface area contributed by atoms with Gasteiger partial charge in [-0.3, -0.25) is 9.59 Å². The summed E-state index contributed by atoms with van der Waals surface area (Å²) in [5.41, 5.74) is 1.08. The summed E-state index contributed by atoms with van der Waals surface area (Å²) in [6, 6.07) is 7.72. The Hall–Kier alpha value is -1.40. The van der Waals surface area contributed by atoms with Crippen molar-refractivity contribution < 1.29 is 19.4 Å². The molecule has 6 heteroatoms. The van der Waals surface area contributed by atoms with E-state index in [0.717, 1.165) is 10.0 Å². The topological polar surface area (TPSA) is 75.6 Å². The molecule has 1 aromatic carbocycles. The third-order valence-corrected chi connectivity index (χ3v) is 4.09. The highest BCUT2D eigenvalue weighted by Gasteiger charge is 2.20. The zero-order valence-electron chi connectivity index (χ0n) is 13.5. The van der Waals surface area contributed by atoms with Crippen LogP contribution >= 0.6 is 15.9 Å². The number of nitrogens with one attached hydrogen (secondary N) is 1. The molecule has 1 aromatic rings. The van der Waals surface area contributed by atoms with Crippen LogP contribution in [0.2, 0.25) is 0 Å². The summed E-state index contributed by atoms with van der Waals surface area (Å²) in [5, 5.41) is 11.6. The Kier molecular flexibility index (Phi) is 8.87. The molecule has 0 aromatic heterocycles. The number of methoxy groups -OCH3 is 1. The van der Waals surface area contributed by atoms with Crippen molar-refractivity contribution in [3.05, 3.63) is 34.3 Å². The predicted octanol–water partition coefficient (Wildman–Crippen LogP) is 3.01. The maximum absolute atomic E-state index is 12.5. The number of halogens is 1. The summed E-state index contributed by atoms with van der Waals surface area (Å²) in [7, 11) is 1.61. The van der Waals surface area contributed by atoms with Gasteiger partial charge < -0.3 is 15.2 Å². The van der Waals surface area contributed by atoms with Crippen molar-refractivity contribution >= 4 is 27.8 Å². The Labute approximate surface area is 145 Å². The zero-order valence-corrected chi connectivity index (χ0v) is 15.1. The first-order chi connectivity index (χ1) is 10.9. The minimum absolute atomic E-state index is 0.0514. The molecule has 23 heavy (non-hydrogen) atoms. The number of aliphatic carboxylic acids is 1. The van der Waals surface area contributed by atoms with Gasteiger partial charge >= 0.3 is 5.97 Å². The van der Waals surface area contributed by atoms with Crippen LogP contribution in [0, 0.1) is 5.92 Å². The average molecular weight is 386 g/mol. The standard InChI is InChI=1S/C17H24BrNO4/c1-12(6-7-16(20)21)19-17(22)14(8-9-23-2)10-13-4-3-5-15(18)11-13/h3-5,11-12,14H,6-10H2,1-2H3,(H,19,22)(H,20,21). The minimum Gasteiger partial charge on any atom is -0.481 e. The van der Waals surface area contributed by atoms with Crippen LogP contribution in [0.4, 0.5) is 0 Å². The van der Waals surface area contributed by atoms with Gasteiger partial charge in [0.1, 0.15) is 0 Å². The van der Waals surface area contributed by atoms with Crippen LogP contribution in [-0.4, -0.2) is 36.7 Å². The van der Waals surface area contributed by atoms with Crippen LogP contribution in [-0.2, 0) is 20.7 Å². The zero-order chi connectivity index (χ0) is 17.2. The fourth-order valence-corrected chi connectivity index (χ4v) is 2.75. The number of benzene rings is 1. The van der Waals surface area contributed by atoms with Crippen molar-refractivity contribution in [2.75, 3.05) is 13.7 Å². The van der Waals surface area contributed by atoms with Crippen LogP contribution < -0.4 is 5.32 Å². The second kappa shape index (κ2) is 10.4. The molecule has 2 unspecified atom stereocenters. The second-order valence-electron chi connectivity index (χ2n) is 5.65. The third-order valence-electron chi connectivity index (χ3n) is 3.59. The number of amides is 1. The number of rotatable bonds is 10. The Morgan fingerprint density at radius 1 is 1.35 bits per heavy atom. The van der Waals surface area contributed by atoms with E-state index in [0.29, 0.717) is 25.9 Å². The fraction of sp³-hybridized carbons (Fsp3) is 0.529. The van der Waals surface area contributed by atoms with E-state index in [1.165, 1.54) is 0 Å². The molecular weight excluding hydrogens is 362 g/mol. The van der Waals surface area contributed by atoms with E-state index < -0.39 is 5.97 Å². The number of carbonyl (C=O) groups is 2. The highest BCUT2D eigenvalue weighted by Crippen LogP contribution is 2.18. The lowest BCUT2D eigenvalue weighted by Gasteiger charge is -2.20. The van der Waals surface area contributed by atoms with Crippen LogP contribution in [0.3, 0.4) is 0 Å². The van der Waals surface area contributed by atoms with E-state index in [2.05, 4.69) is 21.2 Å². The minimum atomic E-state index is -0.851. The first-order valence-corrected chi connectivity index (χ1v) is 8.47. The van der Waals surface area contributed by atoms with Crippen molar-refractivity contribution in [1.82, 2.24) is 5.32 Å². The molecule has 0 bridgehead atoms. The fourth-order valence-electron chi connectivity index (χ4n) is 2.31. The second-order valence-corrected chi connectivity index (χ2v) is 6.57. The maximum Gasteiger partial charge on any atom is 0.303 e. The Morgan fingerprint density at radius 3 is 2.70 bits per heavy atom. The molecule has 0 aliphatic rings. The molecule has 0 saturated heterocycles. The Bertz CT molecular complexity index is 521. The van der Waals surface area contributed by atoms with Gasteiger partial charge in [-0.25, -0.2) is 0 Å². The predicted molar refractivity (Wildman–Crippen MR) is 92.3 cm³/mol. The first-order valence-electron chi connectivity index (χ1n) is 7.68. The van der Waals surface area contributed by atoms with Gasteiger partial charge in [-0.2, -0.15) is 0 Å². The first kappa shape index (κ1) is 19.6. The lowest BCUT2D eigenvalue weighted by atomic mass is 9.95. The number of hydrogen-bond donors (Lipinski definition) is 2. The molecule has 0 radical (unpaired) electrons. The van der Waals surface area contributed by atoms with Crippen molar-refractivity contribution in [1.29, 1.82) is 0 Å². The third kappa shape index (κ3) is 8.13. The van der Waals surface area contributed by atoms with E-state index >= 15 is 0 Å². The molecule has 1 rings (SSSR count). The lowest BCUT2D eigenvalue weighted by molar-refractivity contribution is -0.137. The number of carboxylic acid groups (broad SMARTS) is 1. The normalized spacial score (nSPS) is 13.3. The van der Waals surface area contributed by atoms with Gasteiger partial charge in [0.05, 0.1) is 0 Å². The number of carbonyl (C=O) groups excluding carboxylic acids is 1. The van der Waals surface area contributed by atoms with Gasteiger partial charge in [0.25, 0.3) is 0 Å². The van der Waals surface area contributed by atoms with E-state index in [1.54, 1.807) is 7.11 Å². The SMILES string of the molecule is COCCC(Cc1cccc(Br)c1)C(=O)NC(C)CCC(=O)O. The Balaban J connectivity index is 2.64. The summed E-state index contributed by atoms with van der Waals surface area (Å²) in [6.45, 7) is 2.34. The van der Waals surface area contributed by atoms with Crippen molar-refractivity contribution in [3.8, 4) is 0 Å². The quantitative estimate of drug-likeness (QED) is 0.648. The summed E-state index contributed by atoms with van der Waals surface area (Å²) in [5.74, 6) is -1.10. The van der Waals surface area contributed by atoms with E-state index in [1.807, 2.05) is 31.2 Å². The number of carboxylic acids is 1. The van der Waals surface area contributed by atoms with Gasteiger partial charge in [-0.05, 0) is 43.9 Å². The molecule has 128 valence electrons. The molecule has 0 spiro atoms. The molecule has 2 atom stereocenters. The summed E-state index contributed by atoms with van der Waals surface area (Å²) < 4.78 is 6.08. The van der Waals surface area contributed by atoms with Gasteiger partial charge in [0.2, 0.25) is 5.91 Å². The molecule has 0 aliphatic carbocycles. The molecule has 0 fully saturated rings. The van der Waals surface area contributed by atoms with Crippen molar-refractivity contribution in [2.24, 2.45) is 5.92 Å². The van der Waals surface area contributed by atoms with Crippen LogP contribution in [0.5, 0.6) is 0 Å². The van der Waals surface area contributed by atoms with Gasteiger partial charge in [-0.1, -0.05) is 28.1 Å². The molecule has 5 nitrogen and oxygen atoms in total. The molecule has 2 N–H and O–H groups in total. The summed E-state index contributed by atoms with van der Waals surface area (Å²) in [4.78, 5) is 23.1. The van der Waals surface area contributed by atoms with Crippen LogP contribution in [0.15, 0.2) is 28.7 Å².